The third-order valence-corrected chi connectivity index (χ3v) is 4.58. The molecule has 2 aromatic rings. The molecule has 0 spiro atoms. The van der Waals surface area contributed by atoms with Gasteiger partial charge in [0, 0.05) is 0 Å². The zero-order valence-electron chi connectivity index (χ0n) is 14.6. The molecule has 0 saturated heterocycles. The van der Waals surface area contributed by atoms with E-state index in [0.717, 1.165) is 43.7 Å². The molecule has 0 unspecified atom stereocenters. The molecule has 0 bridgehead atoms. The van der Waals surface area contributed by atoms with Crippen molar-refractivity contribution in [2.45, 2.75) is 43.9 Å². The fourth-order valence-electron chi connectivity index (χ4n) is 2.46. The molecule has 0 aliphatic carbocycles. The average Bonchev–Trinajstić information content (AvgIpc) is 2.54. The second-order valence-electron chi connectivity index (χ2n) is 5.58. The summed E-state index contributed by atoms with van der Waals surface area (Å²) < 4.78 is 37.8. The smallest absolute Gasteiger partial charge is 0.870 e. The second-order valence-corrected chi connectivity index (χ2v) is 6.97. The van der Waals surface area contributed by atoms with Gasteiger partial charge < -0.3 is 9.84 Å². The first kappa shape index (κ1) is 22.6. The Balaban J connectivity index is 0.00000312. The summed E-state index contributed by atoms with van der Waals surface area (Å²) in [6, 6.07) is 10.8. The van der Waals surface area contributed by atoms with E-state index in [1.165, 1.54) is 12.1 Å². The predicted molar refractivity (Wildman–Crippen MR) is 90.1 cm³/mol. The molecule has 5 nitrogen and oxygen atoms in total. The number of ether oxygens (including phenoxy) is 1. The Bertz CT molecular complexity index is 790. The summed E-state index contributed by atoms with van der Waals surface area (Å²) >= 11 is 0. The topological polar surface area (TPSA) is 86.7 Å². The van der Waals surface area contributed by atoms with E-state index < -0.39 is 20.8 Å². The predicted octanol–water partition coefficient (Wildman–Crippen LogP) is 0.926. The molecule has 25 heavy (non-hydrogen) atoms. The van der Waals surface area contributed by atoms with Gasteiger partial charge in [-0.3, -0.25) is 4.55 Å². The minimum absolute atomic E-state index is 0. The van der Waals surface area contributed by atoms with Gasteiger partial charge >= 0.3 is 51.4 Å². The van der Waals surface area contributed by atoms with Gasteiger partial charge in [0.1, 0.15) is 16.4 Å². The van der Waals surface area contributed by atoms with Crippen molar-refractivity contribution in [2.75, 3.05) is 0 Å². The molecule has 0 amide bonds. The van der Waals surface area contributed by atoms with Gasteiger partial charge in [0.25, 0.3) is 10.1 Å². The number of para-hydroxylation sites is 2. The largest absolute Gasteiger partial charge is 1.00 e. The molecule has 2 rings (SSSR count). The normalized spacial score (nSPS) is 11.0. The molecular formula is C18H21KO5S. The quantitative estimate of drug-likeness (QED) is 0.413. The maximum Gasteiger partial charge on any atom is 1.00 e. The second kappa shape index (κ2) is 10.7. The monoisotopic (exact) mass is 388 g/mol. The molecule has 130 valence electrons. The van der Waals surface area contributed by atoms with Gasteiger partial charge in [0.15, 0.2) is 0 Å². The van der Waals surface area contributed by atoms with Crippen LogP contribution in [-0.2, 0) is 16.5 Å². The number of aryl methyl sites for hydroxylation is 1. The summed E-state index contributed by atoms with van der Waals surface area (Å²) in [5.41, 5.74) is 0.901. The SMILES string of the molecule is CCCCCCc1ccccc1Oc1c([O-])cccc1S(=O)(=O)O.[K+]. The summed E-state index contributed by atoms with van der Waals surface area (Å²) in [5.74, 6) is -0.533. The molecule has 2 aromatic carbocycles. The van der Waals surface area contributed by atoms with E-state index in [9.17, 15) is 18.1 Å². The van der Waals surface area contributed by atoms with Crippen molar-refractivity contribution in [1.29, 1.82) is 0 Å². The van der Waals surface area contributed by atoms with Crippen LogP contribution in [-0.4, -0.2) is 13.0 Å². The Hall–Kier alpha value is -0.414. The van der Waals surface area contributed by atoms with Crippen LogP contribution in [0.2, 0.25) is 0 Å². The van der Waals surface area contributed by atoms with E-state index in [1.807, 2.05) is 12.1 Å². The first-order valence-electron chi connectivity index (χ1n) is 7.96. The van der Waals surface area contributed by atoms with E-state index in [4.69, 9.17) is 4.74 Å². The van der Waals surface area contributed by atoms with Gasteiger partial charge in [0.2, 0.25) is 0 Å². The molecule has 0 aliphatic heterocycles. The first-order valence-corrected chi connectivity index (χ1v) is 9.40. The third-order valence-electron chi connectivity index (χ3n) is 3.70. The van der Waals surface area contributed by atoms with Crippen LogP contribution in [0.3, 0.4) is 0 Å². The van der Waals surface area contributed by atoms with Gasteiger partial charge in [-0.2, -0.15) is 8.42 Å². The van der Waals surface area contributed by atoms with Crippen LogP contribution in [0.1, 0.15) is 38.2 Å². The fourth-order valence-corrected chi connectivity index (χ4v) is 3.09. The van der Waals surface area contributed by atoms with Crippen LogP contribution in [0.15, 0.2) is 47.4 Å². The Labute approximate surface area is 191 Å². The third kappa shape index (κ3) is 6.67. The fraction of sp³-hybridized carbons (Fsp3) is 0.333. The average molecular weight is 389 g/mol. The zero-order chi connectivity index (χ0) is 17.6. The molecule has 0 heterocycles. The van der Waals surface area contributed by atoms with Crippen LogP contribution in [0.25, 0.3) is 0 Å². The van der Waals surface area contributed by atoms with Crippen molar-refractivity contribution in [1.82, 2.24) is 0 Å². The number of unbranched alkanes of at least 4 members (excludes halogenated alkanes) is 3. The Morgan fingerprint density at radius 3 is 2.44 bits per heavy atom. The molecule has 0 aliphatic rings. The van der Waals surface area contributed by atoms with Crippen molar-refractivity contribution in [3.8, 4) is 17.2 Å². The van der Waals surface area contributed by atoms with Crippen LogP contribution in [0, 0.1) is 0 Å². The van der Waals surface area contributed by atoms with E-state index in [-0.39, 0.29) is 57.1 Å². The zero-order valence-corrected chi connectivity index (χ0v) is 18.5. The Kier molecular flexibility index (Phi) is 9.65. The Morgan fingerprint density at radius 1 is 1.04 bits per heavy atom. The molecule has 7 heteroatoms. The first-order chi connectivity index (χ1) is 11.4. The number of benzene rings is 2. The number of rotatable bonds is 8. The molecule has 0 aromatic heterocycles. The van der Waals surface area contributed by atoms with Gasteiger partial charge in [0.05, 0.1) is 0 Å². The van der Waals surface area contributed by atoms with Crippen molar-refractivity contribution in [3.05, 3.63) is 48.0 Å². The van der Waals surface area contributed by atoms with Gasteiger partial charge in [-0.1, -0.05) is 62.3 Å². The van der Waals surface area contributed by atoms with Crippen LogP contribution < -0.4 is 61.2 Å². The van der Waals surface area contributed by atoms with Crippen LogP contribution >= 0.6 is 0 Å². The van der Waals surface area contributed by atoms with E-state index in [0.29, 0.717) is 5.75 Å². The van der Waals surface area contributed by atoms with Crippen LogP contribution in [0.5, 0.6) is 17.2 Å². The Morgan fingerprint density at radius 2 is 1.76 bits per heavy atom. The minimum atomic E-state index is -4.54. The summed E-state index contributed by atoms with van der Waals surface area (Å²) in [6.07, 6.45) is 5.15. The van der Waals surface area contributed by atoms with E-state index in [2.05, 4.69) is 6.92 Å². The summed E-state index contributed by atoms with van der Waals surface area (Å²) in [7, 11) is -4.54. The number of hydrogen-bond donors (Lipinski definition) is 1. The summed E-state index contributed by atoms with van der Waals surface area (Å²) in [5, 5.41) is 12.0. The molecule has 0 atom stereocenters. The standard InChI is InChI=1S/C18H22O5S.K/c1-2-3-4-5-9-14-10-6-7-12-16(14)23-18-15(19)11-8-13-17(18)24(20,21)22;/h6-8,10-13,19H,2-5,9H2,1H3,(H,20,21,22);/q;+1/p-1. The van der Waals surface area contributed by atoms with Gasteiger partial charge in [-0.25, -0.2) is 0 Å². The van der Waals surface area contributed by atoms with Crippen LogP contribution in [0.4, 0.5) is 0 Å². The maximum absolute atomic E-state index is 12.0. The molecular weight excluding hydrogens is 367 g/mol. The summed E-state index contributed by atoms with van der Waals surface area (Å²) in [6.45, 7) is 2.14. The van der Waals surface area contributed by atoms with Crippen molar-refractivity contribution < 1.29 is 74.2 Å². The van der Waals surface area contributed by atoms with Crippen molar-refractivity contribution in [2.24, 2.45) is 0 Å². The number of hydrogen-bond acceptors (Lipinski definition) is 4. The van der Waals surface area contributed by atoms with E-state index >= 15 is 0 Å². The molecule has 1 N–H and O–H groups in total. The minimum Gasteiger partial charge on any atom is -0.870 e. The molecule has 0 saturated carbocycles. The van der Waals surface area contributed by atoms with Crippen molar-refractivity contribution >= 4 is 10.1 Å². The van der Waals surface area contributed by atoms with Gasteiger partial charge in [-0.15, -0.1) is 0 Å². The maximum atomic E-state index is 12.0. The van der Waals surface area contributed by atoms with E-state index in [1.54, 1.807) is 12.1 Å². The van der Waals surface area contributed by atoms with Gasteiger partial charge in [-0.05, 0) is 30.5 Å². The van der Waals surface area contributed by atoms with Crippen molar-refractivity contribution in [3.63, 3.8) is 0 Å². The molecule has 0 radical (unpaired) electrons. The summed E-state index contributed by atoms with van der Waals surface area (Å²) in [4.78, 5) is -0.518. The molecule has 0 fully saturated rings.